The Morgan fingerprint density at radius 3 is 3.00 bits per heavy atom. The van der Waals surface area contributed by atoms with E-state index in [1.54, 1.807) is 6.08 Å². The van der Waals surface area contributed by atoms with Gasteiger partial charge in [-0.05, 0) is 24.6 Å². The van der Waals surface area contributed by atoms with Crippen molar-refractivity contribution in [3.63, 3.8) is 0 Å². The van der Waals surface area contributed by atoms with Gasteiger partial charge in [0.1, 0.15) is 11.6 Å². The Hall–Kier alpha value is -1.88. The molecule has 0 aliphatic heterocycles. The molecule has 3 N–H and O–H groups in total. The van der Waals surface area contributed by atoms with Crippen LogP contribution in [0.2, 0.25) is 0 Å². The van der Waals surface area contributed by atoms with E-state index in [4.69, 9.17) is 10.6 Å². The van der Waals surface area contributed by atoms with Crippen molar-refractivity contribution in [2.45, 2.75) is 6.42 Å². The van der Waals surface area contributed by atoms with Crippen molar-refractivity contribution >= 4 is 5.91 Å². The van der Waals surface area contributed by atoms with Gasteiger partial charge < -0.3 is 4.74 Å². The van der Waals surface area contributed by atoms with E-state index in [0.29, 0.717) is 17.7 Å². The summed E-state index contributed by atoms with van der Waals surface area (Å²) in [5.74, 6) is 4.55. The average molecular weight is 224 g/mol. The van der Waals surface area contributed by atoms with E-state index in [1.807, 2.05) is 5.43 Å². The third-order valence-electron chi connectivity index (χ3n) is 1.91. The molecule has 0 saturated carbocycles. The molecule has 0 spiro atoms. The molecule has 0 aromatic heterocycles. The summed E-state index contributed by atoms with van der Waals surface area (Å²) in [6.45, 7) is 3.36. The summed E-state index contributed by atoms with van der Waals surface area (Å²) in [6.07, 6.45) is 2.10. The summed E-state index contributed by atoms with van der Waals surface area (Å²) in [5, 5.41) is 0. The van der Waals surface area contributed by atoms with E-state index in [9.17, 15) is 9.18 Å². The molecule has 1 amide bonds. The molecule has 0 heterocycles. The number of ether oxygens (including phenoxy) is 1. The molecule has 4 nitrogen and oxygen atoms in total. The zero-order chi connectivity index (χ0) is 12.0. The van der Waals surface area contributed by atoms with Crippen molar-refractivity contribution in [3.8, 4) is 5.75 Å². The molecule has 0 fully saturated rings. The molecule has 0 bridgehead atoms. The van der Waals surface area contributed by atoms with Crippen LogP contribution in [0, 0.1) is 5.82 Å². The fourth-order valence-corrected chi connectivity index (χ4v) is 1.19. The van der Waals surface area contributed by atoms with Gasteiger partial charge in [0.25, 0.3) is 5.91 Å². The Morgan fingerprint density at radius 1 is 1.62 bits per heavy atom. The number of carbonyl (C=O) groups excluding carboxylic acids is 1. The second-order valence-electron chi connectivity index (χ2n) is 3.10. The second-order valence-corrected chi connectivity index (χ2v) is 3.10. The first-order valence-corrected chi connectivity index (χ1v) is 4.69. The van der Waals surface area contributed by atoms with Crippen molar-refractivity contribution in [1.29, 1.82) is 0 Å². The van der Waals surface area contributed by atoms with Gasteiger partial charge in [0, 0.05) is 5.56 Å². The van der Waals surface area contributed by atoms with Crippen molar-refractivity contribution in [2.75, 3.05) is 6.61 Å². The predicted molar refractivity (Wildman–Crippen MR) is 58.1 cm³/mol. The van der Waals surface area contributed by atoms with Gasteiger partial charge in [0.2, 0.25) is 0 Å². The summed E-state index contributed by atoms with van der Waals surface area (Å²) in [5.41, 5.74) is 2.58. The number of hydrogen-bond acceptors (Lipinski definition) is 3. The molecular formula is C11H13FN2O2. The maximum absolute atomic E-state index is 12.9. The topological polar surface area (TPSA) is 64.3 Å². The number of carbonyl (C=O) groups is 1. The smallest absolute Gasteiger partial charge is 0.271 e. The first kappa shape index (κ1) is 12.2. The van der Waals surface area contributed by atoms with Gasteiger partial charge in [0.15, 0.2) is 6.61 Å². The van der Waals surface area contributed by atoms with Crippen molar-refractivity contribution in [3.05, 3.63) is 42.2 Å². The third kappa shape index (κ3) is 3.36. The number of hydrogen-bond donors (Lipinski definition) is 2. The van der Waals surface area contributed by atoms with Crippen LogP contribution < -0.4 is 16.0 Å². The van der Waals surface area contributed by atoms with Gasteiger partial charge in [-0.3, -0.25) is 10.2 Å². The third-order valence-corrected chi connectivity index (χ3v) is 1.91. The maximum Gasteiger partial charge on any atom is 0.271 e. The van der Waals surface area contributed by atoms with E-state index >= 15 is 0 Å². The molecular weight excluding hydrogens is 211 g/mol. The molecule has 0 unspecified atom stereocenters. The van der Waals surface area contributed by atoms with Crippen LogP contribution in [0.15, 0.2) is 30.9 Å². The van der Waals surface area contributed by atoms with Gasteiger partial charge >= 0.3 is 0 Å². The lowest BCUT2D eigenvalue weighted by Gasteiger charge is -2.09. The number of amides is 1. The van der Waals surface area contributed by atoms with E-state index in [0.717, 1.165) is 0 Å². The highest BCUT2D eigenvalue weighted by atomic mass is 19.1. The van der Waals surface area contributed by atoms with Crippen LogP contribution in [-0.2, 0) is 11.2 Å². The summed E-state index contributed by atoms with van der Waals surface area (Å²) in [4.78, 5) is 10.9. The van der Waals surface area contributed by atoms with E-state index in [-0.39, 0.29) is 12.4 Å². The Morgan fingerprint density at radius 2 is 2.38 bits per heavy atom. The molecule has 1 aromatic carbocycles. The van der Waals surface area contributed by atoms with Crippen LogP contribution in [0.3, 0.4) is 0 Å². The lowest BCUT2D eigenvalue weighted by atomic mass is 10.1. The number of benzene rings is 1. The SMILES string of the molecule is C=CCc1cc(F)ccc1OCC(=O)NN. The van der Waals surface area contributed by atoms with Crippen LogP contribution in [0.25, 0.3) is 0 Å². The Bertz CT molecular complexity index is 394. The molecule has 1 aromatic rings. The zero-order valence-electron chi connectivity index (χ0n) is 8.70. The minimum atomic E-state index is -0.450. The van der Waals surface area contributed by atoms with Crippen molar-refractivity contribution in [2.24, 2.45) is 5.84 Å². The highest BCUT2D eigenvalue weighted by Crippen LogP contribution is 2.20. The molecule has 0 atom stereocenters. The summed E-state index contributed by atoms with van der Waals surface area (Å²) in [7, 11) is 0. The number of nitrogens with two attached hydrogens (primary N) is 1. The van der Waals surface area contributed by atoms with Gasteiger partial charge in [0.05, 0.1) is 0 Å². The first-order valence-electron chi connectivity index (χ1n) is 4.69. The highest BCUT2D eigenvalue weighted by Gasteiger charge is 2.06. The summed E-state index contributed by atoms with van der Waals surface area (Å²) in [6, 6.07) is 4.08. The number of halogens is 1. The minimum absolute atomic E-state index is 0.202. The molecule has 0 radical (unpaired) electrons. The Balaban J connectivity index is 2.77. The molecule has 0 saturated heterocycles. The highest BCUT2D eigenvalue weighted by molar-refractivity contribution is 5.76. The van der Waals surface area contributed by atoms with Crippen molar-refractivity contribution in [1.82, 2.24) is 5.43 Å². The number of hydrazine groups is 1. The van der Waals surface area contributed by atoms with E-state index in [1.165, 1.54) is 18.2 Å². The largest absolute Gasteiger partial charge is 0.483 e. The normalized spacial score (nSPS) is 9.62. The van der Waals surface area contributed by atoms with E-state index in [2.05, 4.69) is 6.58 Å². The zero-order valence-corrected chi connectivity index (χ0v) is 8.70. The average Bonchev–Trinajstić information content (AvgIpc) is 2.28. The number of allylic oxidation sites excluding steroid dienone is 1. The Labute approximate surface area is 92.9 Å². The fourth-order valence-electron chi connectivity index (χ4n) is 1.19. The van der Waals surface area contributed by atoms with Crippen LogP contribution in [0.4, 0.5) is 4.39 Å². The quantitative estimate of drug-likeness (QED) is 0.338. The van der Waals surface area contributed by atoms with Crippen LogP contribution >= 0.6 is 0 Å². The standard InChI is InChI=1S/C11H13FN2O2/c1-2-3-8-6-9(12)4-5-10(8)16-7-11(15)14-13/h2,4-6H,1,3,7,13H2,(H,14,15). The fraction of sp³-hybridized carbons (Fsp3) is 0.182. The summed E-state index contributed by atoms with van der Waals surface area (Å²) >= 11 is 0. The number of nitrogens with one attached hydrogen (secondary N) is 1. The van der Waals surface area contributed by atoms with Gasteiger partial charge in [-0.2, -0.15) is 0 Å². The van der Waals surface area contributed by atoms with Crippen LogP contribution in [-0.4, -0.2) is 12.5 Å². The maximum atomic E-state index is 12.9. The van der Waals surface area contributed by atoms with Crippen LogP contribution in [0.5, 0.6) is 5.75 Å². The molecule has 0 aliphatic carbocycles. The van der Waals surface area contributed by atoms with E-state index < -0.39 is 5.91 Å². The van der Waals surface area contributed by atoms with Crippen molar-refractivity contribution < 1.29 is 13.9 Å². The monoisotopic (exact) mass is 224 g/mol. The molecule has 86 valence electrons. The van der Waals surface area contributed by atoms with Gasteiger partial charge in [-0.25, -0.2) is 10.2 Å². The predicted octanol–water partition coefficient (Wildman–Crippen LogP) is 0.923. The number of rotatable bonds is 5. The lowest BCUT2D eigenvalue weighted by molar-refractivity contribution is -0.123. The Kier molecular flexibility index (Phi) is 4.47. The summed E-state index contributed by atoms with van der Waals surface area (Å²) < 4.78 is 18.1. The minimum Gasteiger partial charge on any atom is -0.483 e. The molecule has 1 rings (SSSR count). The van der Waals surface area contributed by atoms with Crippen LogP contribution in [0.1, 0.15) is 5.56 Å². The second kappa shape index (κ2) is 5.87. The molecule has 0 aliphatic rings. The lowest BCUT2D eigenvalue weighted by Crippen LogP contribution is -2.34. The van der Waals surface area contributed by atoms with Gasteiger partial charge in [-0.1, -0.05) is 6.08 Å². The van der Waals surface area contributed by atoms with Gasteiger partial charge in [-0.15, -0.1) is 6.58 Å². The molecule has 16 heavy (non-hydrogen) atoms. The molecule has 5 heteroatoms. The first-order chi connectivity index (χ1) is 7.67.